The molecule has 0 atom stereocenters. The number of hydrogen-bond acceptors (Lipinski definition) is 3. The normalized spacial score (nSPS) is 11.9. The molecular weight excluding hydrogens is 241 g/mol. The minimum atomic E-state index is -1.59. The van der Waals surface area contributed by atoms with Crippen LogP contribution in [0.5, 0.6) is 0 Å². The molecule has 0 amide bonds. The smallest absolute Gasteiger partial charge is 0.423 e. The Morgan fingerprint density at radius 1 is 1.21 bits per heavy atom. The third-order valence-corrected chi connectivity index (χ3v) is 3.24. The maximum Gasteiger partial charge on any atom is 0.490 e. The van der Waals surface area contributed by atoms with Gasteiger partial charge in [-0.3, -0.25) is 9.36 Å². The van der Waals surface area contributed by atoms with E-state index in [1.54, 1.807) is 12.3 Å². The van der Waals surface area contributed by atoms with Gasteiger partial charge in [-0.25, -0.2) is 0 Å². The quantitative estimate of drug-likeness (QED) is 0.759. The molecule has 0 aliphatic heterocycles. The zero-order chi connectivity index (χ0) is 14.4. The highest BCUT2D eigenvalue weighted by atomic mass is 16.4. The first kappa shape index (κ1) is 13.8. The molecule has 2 N–H and O–H groups in total. The first-order valence-electron chi connectivity index (χ1n) is 6.25. The molecule has 19 heavy (non-hydrogen) atoms. The number of aromatic nitrogens is 1. The second-order valence-corrected chi connectivity index (χ2v) is 5.85. The Balaban J connectivity index is 2.77. The summed E-state index contributed by atoms with van der Waals surface area (Å²) < 4.78 is 1.51. The zero-order valence-corrected chi connectivity index (χ0v) is 11.6. The zero-order valence-electron chi connectivity index (χ0n) is 11.6. The molecule has 2 aromatic rings. The van der Waals surface area contributed by atoms with E-state index < -0.39 is 12.5 Å². The van der Waals surface area contributed by atoms with Crippen molar-refractivity contribution in [2.75, 3.05) is 0 Å². The van der Waals surface area contributed by atoms with Gasteiger partial charge < -0.3 is 10.0 Å². The molecule has 100 valence electrons. The molecule has 0 aliphatic rings. The van der Waals surface area contributed by atoms with Crippen LogP contribution in [0.3, 0.4) is 0 Å². The van der Waals surface area contributed by atoms with Gasteiger partial charge in [0.25, 0.3) is 0 Å². The molecule has 1 aromatic heterocycles. The molecule has 0 saturated carbocycles. The number of nitrogens with zero attached hydrogens (tertiary/aromatic N) is 1. The van der Waals surface area contributed by atoms with E-state index >= 15 is 0 Å². The molecule has 2 rings (SSSR count). The van der Waals surface area contributed by atoms with Crippen LogP contribution in [0.25, 0.3) is 10.9 Å². The van der Waals surface area contributed by atoms with Crippen molar-refractivity contribution in [1.29, 1.82) is 0 Å². The van der Waals surface area contributed by atoms with Crippen molar-refractivity contribution in [3.8, 4) is 0 Å². The topological polar surface area (TPSA) is 62.5 Å². The van der Waals surface area contributed by atoms with E-state index in [2.05, 4.69) is 0 Å². The Bertz CT molecular complexity index is 638. The number of fused-ring (bicyclic) bond motifs is 1. The van der Waals surface area contributed by atoms with Crippen LogP contribution < -0.4 is 5.46 Å². The van der Waals surface area contributed by atoms with E-state index in [1.807, 2.05) is 39.8 Å². The number of carbonyl (C=O) groups excluding carboxylic acids is 1. The molecular formula is C14H18BNO3. The van der Waals surface area contributed by atoms with E-state index in [9.17, 15) is 14.8 Å². The molecule has 0 bridgehead atoms. The molecule has 0 spiro atoms. The van der Waals surface area contributed by atoms with Crippen LogP contribution in [0, 0.1) is 12.3 Å². The van der Waals surface area contributed by atoms with Crippen LogP contribution in [0.2, 0.25) is 0 Å². The third kappa shape index (κ3) is 2.31. The average Bonchev–Trinajstić information content (AvgIpc) is 2.72. The fourth-order valence-corrected chi connectivity index (χ4v) is 2.17. The van der Waals surface area contributed by atoms with Gasteiger partial charge in [-0.05, 0) is 18.6 Å². The van der Waals surface area contributed by atoms with Gasteiger partial charge >= 0.3 is 7.12 Å². The minimum absolute atomic E-state index is 0.0741. The highest BCUT2D eigenvalue weighted by Gasteiger charge is 2.27. The standard InChI is InChI=1S/C14H18BNO3/c1-9-5-6-11(15(18)19)12-10(9)7-8-16(12)13(17)14(2,3)4/h5-8,18-19H,1-4H3. The Morgan fingerprint density at radius 2 is 1.84 bits per heavy atom. The molecule has 0 aliphatic carbocycles. The number of aryl methyl sites for hydroxylation is 1. The summed E-state index contributed by atoms with van der Waals surface area (Å²) in [7, 11) is -1.59. The minimum Gasteiger partial charge on any atom is -0.423 e. The summed E-state index contributed by atoms with van der Waals surface area (Å²) in [6, 6.07) is 5.30. The molecule has 0 fully saturated rings. The molecule has 0 radical (unpaired) electrons. The Labute approximate surface area is 112 Å². The molecule has 0 saturated heterocycles. The van der Waals surface area contributed by atoms with Crippen LogP contribution in [0.15, 0.2) is 24.4 Å². The summed E-state index contributed by atoms with van der Waals surface area (Å²) in [5.41, 5.74) is 1.39. The second-order valence-electron chi connectivity index (χ2n) is 5.85. The van der Waals surface area contributed by atoms with Crippen LogP contribution in [-0.2, 0) is 0 Å². The van der Waals surface area contributed by atoms with Crippen molar-refractivity contribution in [3.05, 3.63) is 30.0 Å². The van der Waals surface area contributed by atoms with Gasteiger partial charge in [0.1, 0.15) is 0 Å². The van der Waals surface area contributed by atoms with E-state index in [4.69, 9.17) is 0 Å². The van der Waals surface area contributed by atoms with Crippen LogP contribution in [-0.4, -0.2) is 27.6 Å². The lowest BCUT2D eigenvalue weighted by atomic mass is 9.78. The summed E-state index contributed by atoms with van der Waals surface area (Å²) in [4.78, 5) is 12.4. The van der Waals surface area contributed by atoms with Gasteiger partial charge in [0.05, 0.1) is 5.52 Å². The average molecular weight is 259 g/mol. The van der Waals surface area contributed by atoms with E-state index in [-0.39, 0.29) is 5.91 Å². The molecule has 5 heteroatoms. The van der Waals surface area contributed by atoms with Gasteiger partial charge in [0.2, 0.25) is 5.91 Å². The maximum atomic E-state index is 12.4. The Kier molecular flexibility index (Phi) is 3.28. The van der Waals surface area contributed by atoms with Crippen LogP contribution >= 0.6 is 0 Å². The lowest BCUT2D eigenvalue weighted by Crippen LogP contribution is -2.34. The maximum absolute atomic E-state index is 12.4. The van der Waals surface area contributed by atoms with Gasteiger partial charge in [0.15, 0.2) is 0 Å². The first-order chi connectivity index (χ1) is 8.73. The van der Waals surface area contributed by atoms with E-state index in [1.165, 1.54) is 4.57 Å². The fourth-order valence-electron chi connectivity index (χ4n) is 2.17. The van der Waals surface area contributed by atoms with Gasteiger partial charge in [0, 0.05) is 22.5 Å². The van der Waals surface area contributed by atoms with Crippen molar-refractivity contribution in [3.63, 3.8) is 0 Å². The summed E-state index contributed by atoms with van der Waals surface area (Å²) >= 11 is 0. The van der Waals surface area contributed by atoms with Crippen molar-refractivity contribution < 1.29 is 14.8 Å². The number of rotatable bonds is 1. The number of carbonyl (C=O) groups is 1. The van der Waals surface area contributed by atoms with Crippen molar-refractivity contribution in [2.24, 2.45) is 5.41 Å². The summed E-state index contributed by atoms with van der Waals surface area (Å²) in [6.07, 6.45) is 1.69. The molecule has 1 heterocycles. The SMILES string of the molecule is Cc1ccc(B(O)O)c2c1ccn2C(=O)C(C)(C)C. The van der Waals surface area contributed by atoms with Crippen molar-refractivity contribution >= 4 is 29.4 Å². The Hall–Kier alpha value is -1.59. The first-order valence-corrected chi connectivity index (χ1v) is 6.25. The summed E-state index contributed by atoms with van der Waals surface area (Å²) in [5, 5.41) is 19.8. The number of benzene rings is 1. The second kappa shape index (κ2) is 4.51. The highest BCUT2D eigenvalue weighted by molar-refractivity contribution is 6.62. The van der Waals surface area contributed by atoms with Crippen LogP contribution in [0.4, 0.5) is 0 Å². The monoisotopic (exact) mass is 259 g/mol. The largest absolute Gasteiger partial charge is 0.490 e. The van der Waals surface area contributed by atoms with Crippen molar-refractivity contribution in [1.82, 2.24) is 4.57 Å². The van der Waals surface area contributed by atoms with E-state index in [0.717, 1.165) is 10.9 Å². The van der Waals surface area contributed by atoms with Gasteiger partial charge in [-0.15, -0.1) is 0 Å². The van der Waals surface area contributed by atoms with Gasteiger partial charge in [-0.2, -0.15) is 0 Å². The Morgan fingerprint density at radius 3 is 2.37 bits per heavy atom. The number of hydrogen-bond donors (Lipinski definition) is 2. The lowest BCUT2D eigenvalue weighted by molar-refractivity contribution is 0.0773. The third-order valence-electron chi connectivity index (χ3n) is 3.24. The lowest BCUT2D eigenvalue weighted by Gasteiger charge is -2.19. The molecule has 1 aromatic carbocycles. The molecule has 4 nitrogen and oxygen atoms in total. The summed E-state index contributed by atoms with van der Waals surface area (Å²) in [6.45, 7) is 7.45. The van der Waals surface area contributed by atoms with Crippen LogP contribution in [0.1, 0.15) is 31.1 Å². The highest BCUT2D eigenvalue weighted by Crippen LogP contribution is 2.23. The van der Waals surface area contributed by atoms with E-state index in [0.29, 0.717) is 11.0 Å². The fraction of sp³-hybridized carbons (Fsp3) is 0.357. The van der Waals surface area contributed by atoms with Crippen molar-refractivity contribution in [2.45, 2.75) is 27.7 Å². The predicted octanol–water partition coefficient (Wildman–Crippen LogP) is 1.32. The predicted molar refractivity (Wildman–Crippen MR) is 76.6 cm³/mol. The molecule has 0 unspecified atom stereocenters. The van der Waals surface area contributed by atoms with Gasteiger partial charge in [-0.1, -0.05) is 32.9 Å². The summed E-state index contributed by atoms with van der Waals surface area (Å²) in [5.74, 6) is -0.0741.